The standard InChI is InChI=1S/C9H7.C6H14P.3ClH.V/c1-2-5-9-7-3-6-8(9)4-1;1-6(2)5-7(3)4;;;;/h1-7H;5H2,1-4H3;3*1H;/q2*-1;;;;/p-3. The molecule has 2 rings (SSSR count). The summed E-state index contributed by atoms with van der Waals surface area (Å²) in [5, 5.41) is 2.66. The molecule has 117 valence electrons. The largest absolute Gasteiger partial charge is 1.00 e. The van der Waals surface area contributed by atoms with Crippen molar-refractivity contribution in [2.24, 2.45) is 0 Å². The fraction of sp³-hybridized carbons (Fsp3) is 0.333. The molecule has 5 heteroatoms. The Labute approximate surface area is 155 Å². The Morgan fingerprint density at radius 2 is 1.55 bits per heavy atom. The number of benzene rings is 1. The first kappa shape index (κ1) is 28.8. The van der Waals surface area contributed by atoms with E-state index < -0.39 is 0 Å². The van der Waals surface area contributed by atoms with E-state index in [1.165, 1.54) is 16.9 Å². The van der Waals surface area contributed by atoms with Crippen molar-refractivity contribution >= 4 is 18.7 Å². The fourth-order valence-corrected chi connectivity index (χ4v) is 2.97. The monoisotopic (exact) mass is 388 g/mol. The molecule has 0 heterocycles. The average Bonchev–Trinajstić information content (AvgIpc) is 2.63. The number of halogens is 3. The first-order valence-electron chi connectivity index (χ1n) is 5.64. The van der Waals surface area contributed by atoms with Crippen LogP contribution in [0.15, 0.2) is 42.5 Å². The van der Waals surface area contributed by atoms with Crippen molar-refractivity contribution in [1.82, 2.24) is 0 Å². The number of hydrogen-bond donors (Lipinski definition) is 0. The van der Waals surface area contributed by atoms with Crippen molar-refractivity contribution in [2.45, 2.75) is 13.8 Å². The molecule has 2 aromatic carbocycles. The molecular formula is C15H21Cl3PV-5. The zero-order valence-electron chi connectivity index (χ0n) is 12.3. The van der Waals surface area contributed by atoms with E-state index in [1.54, 1.807) is 5.92 Å². The second-order valence-electron chi connectivity index (χ2n) is 4.60. The third kappa shape index (κ3) is 12.5. The Morgan fingerprint density at radius 3 is 1.95 bits per heavy atom. The average molecular weight is 390 g/mol. The van der Waals surface area contributed by atoms with Gasteiger partial charge >= 0.3 is 0 Å². The Balaban J connectivity index is -0.000000110. The first-order valence-corrected chi connectivity index (χ1v) is 8.06. The van der Waals surface area contributed by atoms with Crippen LogP contribution in [0.3, 0.4) is 0 Å². The van der Waals surface area contributed by atoms with Crippen LogP contribution >= 0.6 is 7.92 Å². The maximum atomic E-state index is 2.31. The van der Waals surface area contributed by atoms with Crippen LogP contribution in [0.4, 0.5) is 0 Å². The van der Waals surface area contributed by atoms with Gasteiger partial charge in [0.15, 0.2) is 0 Å². The molecule has 0 atom stereocenters. The van der Waals surface area contributed by atoms with Gasteiger partial charge in [-0.3, -0.25) is 0 Å². The van der Waals surface area contributed by atoms with E-state index >= 15 is 0 Å². The second-order valence-corrected chi connectivity index (χ2v) is 7.08. The molecule has 0 unspecified atom stereocenters. The van der Waals surface area contributed by atoms with Crippen molar-refractivity contribution in [3.8, 4) is 0 Å². The van der Waals surface area contributed by atoms with Crippen LogP contribution < -0.4 is 37.2 Å². The summed E-state index contributed by atoms with van der Waals surface area (Å²) in [6, 6.07) is 14.7. The van der Waals surface area contributed by atoms with Crippen molar-refractivity contribution < 1.29 is 55.8 Å². The molecule has 0 bridgehead atoms. The molecule has 0 aromatic heterocycles. The Bertz CT molecular complexity index is 380. The fourth-order valence-electron chi connectivity index (χ4n) is 1.70. The van der Waals surface area contributed by atoms with Crippen LogP contribution in [0.2, 0.25) is 0 Å². The van der Waals surface area contributed by atoms with Gasteiger partial charge in [-0.25, -0.2) is 0 Å². The van der Waals surface area contributed by atoms with Gasteiger partial charge in [0.1, 0.15) is 0 Å². The molecule has 0 nitrogen and oxygen atoms in total. The molecule has 2 aromatic rings. The summed E-state index contributed by atoms with van der Waals surface area (Å²) in [6.07, 6.45) is 1.34. The minimum atomic E-state index is 0. The molecule has 20 heavy (non-hydrogen) atoms. The van der Waals surface area contributed by atoms with Gasteiger partial charge in [0, 0.05) is 18.6 Å². The first-order chi connectivity index (χ1) is 7.59. The summed E-state index contributed by atoms with van der Waals surface area (Å²) >= 11 is 0. The van der Waals surface area contributed by atoms with Crippen molar-refractivity contribution in [2.75, 3.05) is 19.5 Å². The van der Waals surface area contributed by atoms with Crippen LogP contribution in [0.25, 0.3) is 10.8 Å². The van der Waals surface area contributed by atoms with Crippen LogP contribution in [0, 0.1) is 5.92 Å². The Morgan fingerprint density at radius 1 is 1.00 bits per heavy atom. The van der Waals surface area contributed by atoms with Gasteiger partial charge in [0.25, 0.3) is 0 Å². The summed E-state index contributed by atoms with van der Waals surface area (Å²) in [5.41, 5.74) is 0. The molecule has 0 N–H and O–H groups in total. The molecule has 0 spiro atoms. The quantitative estimate of drug-likeness (QED) is 0.362. The summed E-state index contributed by atoms with van der Waals surface area (Å²) < 4.78 is 0. The van der Waals surface area contributed by atoms with Crippen LogP contribution in [0.1, 0.15) is 13.8 Å². The smallest absolute Gasteiger partial charge is 0 e. The summed E-state index contributed by atoms with van der Waals surface area (Å²) in [4.78, 5) is 0. The predicted octanol–water partition coefficient (Wildman–Crippen LogP) is -4.09. The van der Waals surface area contributed by atoms with E-state index in [2.05, 4.69) is 69.6 Å². The zero-order valence-corrected chi connectivity index (χ0v) is 16.8. The van der Waals surface area contributed by atoms with Gasteiger partial charge in [-0.2, -0.15) is 37.5 Å². The Hall–Kier alpha value is 0.714. The Kier molecular flexibility index (Phi) is 23.2. The number of rotatable bonds is 2. The molecule has 0 amide bonds. The van der Waals surface area contributed by atoms with Gasteiger partial charge in [0.2, 0.25) is 0 Å². The zero-order chi connectivity index (χ0) is 12.0. The molecule has 0 aliphatic heterocycles. The normalized spacial score (nSPS) is 8.50. The number of fused-ring (bicyclic) bond motifs is 1. The van der Waals surface area contributed by atoms with E-state index in [4.69, 9.17) is 0 Å². The summed E-state index contributed by atoms with van der Waals surface area (Å²) in [7, 11) is 0.323. The minimum Gasteiger partial charge on any atom is -1.00 e. The molecule has 0 aliphatic carbocycles. The summed E-state index contributed by atoms with van der Waals surface area (Å²) in [6.45, 7) is 9.01. The molecule has 0 aliphatic rings. The van der Waals surface area contributed by atoms with Gasteiger partial charge in [-0.1, -0.05) is 6.07 Å². The van der Waals surface area contributed by atoms with Gasteiger partial charge in [-0.15, -0.1) is 37.6 Å². The maximum absolute atomic E-state index is 2.31. The van der Waals surface area contributed by atoms with E-state index in [9.17, 15) is 0 Å². The van der Waals surface area contributed by atoms with Gasteiger partial charge in [-0.05, 0) is 13.3 Å². The third-order valence-corrected chi connectivity index (χ3v) is 3.44. The minimum absolute atomic E-state index is 0. The van der Waals surface area contributed by atoms with E-state index in [0.29, 0.717) is 7.92 Å². The maximum Gasteiger partial charge on any atom is 0 e. The van der Waals surface area contributed by atoms with E-state index in [-0.39, 0.29) is 55.8 Å². The van der Waals surface area contributed by atoms with Crippen LogP contribution in [0.5, 0.6) is 0 Å². The second kappa shape index (κ2) is 16.1. The van der Waals surface area contributed by atoms with Crippen molar-refractivity contribution in [1.29, 1.82) is 0 Å². The molecule has 0 fully saturated rings. The predicted molar refractivity (Wildman–Crippen MR) is 77.8 cm³/mol. The van der Waals surface area contributed by atoms with Crippen LogP contribution in [-0.4, -0.2) is 19.5 Å². The molecule has 0 saturated carbocycles. The number of hydrogen-bond acceptors (Lipinski definition) is 0. The third-order valence-electron chi connectivity index (χ3n) is 2.18. The van der Waals surface area contributed by atoms with Gasteiger partial charge in [0.05, 0.1) is 0 Å². The van der Waals surface area contributed by atoms with Crippen molar-refractivity contribution in [3.05, 3.63) is 48.4 Å². The molecule has 1 radical (unpaired) electrons. The summed E-state index contributed by atoms with van der Waals surface area (Å²) in [5.74, 6) is 1.57. The van der Waals surface area contributed by atoms with Crippen molar-refractivity contribution in [3.63, 3.8) is 0 Å². The molecule has 0 saturated heterocycles. The topological polar surface area (TPSA) is 0 Å². The molecular weight excluding hydrogens is 368 g/mol. The van der Waals surface area contributed by atoms with E-state index in [1.807, 2.05) is 0 Å². The van der Waals surface area contributed by atoms with Gasteiger partial charge < -0.3 is 43.1 Å². The van der Waals surface area contributed by atoms with E-state index in [0.717, 1.165) is 0 Å². The van der Waals surface area contributed by atoms with Crippen LogP contribution in [-0.2, 0) is 18.6 Å². The SMILES string of the molecule is C[C-](C)CP(C)C.[Cl-].[Cl-].[Cl-].[V].c1ccc2[cH-]ccc2c1.